The van der Waals surface area contributed by atoms with E-state index in [0.29, 0.717) is 23.2 Å². The lowest BCUT2D eigenvalue weighted by molar-refractivity contribution is 0.544. The van der Waals surface area contributed by atoms with Gasteiger partial charge in [-0.2, -0.15) is 0 Å². The number of hydrazine groups is 1. The molecule has 0 saturated heterocycles. The van der Waals surface area contributed by atoms with Crippen LogP contribution in [0.4, 0.5) is 11.5 Å². The van der Waals surface area contributed by atoms with E-state index in [9.17, 15) is 0 Å². The Kier molecular flexibility index (Phi) is 4.80. The van der Waals surface area contributed by atoms with Gasteiger partial charge in [-0.05, 0) is 11.6 Å². The number of anilines is 2. The Labute approximate surface area is 140 Å². The Morgan fingerprint density at radius 1 is 1.14 bits per heavy atom. The summed E-state index contributed by atoms with van der Waals surface area (Å²) < 4.78 is 0. The molecule has 0 aliphatic heterocycles. The van der Waals surface area contributed by atoms with Crippen molar-refractivity contribution in [2.75, 3.05) is 10.7 Å². The second-order valence-corrected chi connectivity index (χ2v) is 6.81. The molecule has 118 valence electrons. The summed E-state index contributed by atoms with van der Waals surface area (Å²) in [6.45, 7) is 6.34. The normalized spacial score (nSPS) is 11.5. The van der Waals surface area contributed by atoms with Crippen LogP contribution in [-0.4, -0.2) is 9.97 Å². The van der Waals surface area contributed by atoms with Gasteiger partial charge in [-0.15, -0.1) is 0 Å². The lowest BCUT2D eigenvalue weighted by Gasteiger charge is -2.24. The van der Waals surface area contributed by atoms with Crippen LogP contribution in [0.1, 0.15) is 32.2 Å². The molecule has 0 bridgehead atoms. The van der Waals surface area contributed by atoms with Gasteiger partial charge in [0.25, 0.3) is 0 Å². The Balaban J connectivity index is 2.39. The van der Waals surface area contributed by atoms with Gasteiger partial charge in [0.15, 0.2) is 11.0 Å². The zero-order chi connectivity index (χ0) is 16.5. The van der Waals surface area contributed by atoms with Gasteiger partial charge in [-0.3, -0.25) is 5.01 Å². The third-order valence-corrected chi connectivity index (χ3v) is 3.78. The zero-order valence-corrected chi connectivity index (χ0v) is 14.3. The quantitative estimate of drug-likeness (QED) is 0.507. The Hall–Kier alpha value is -1.56. The van der Waals surface area contributed by atoms with Crippen molar-refractivity contribution < 1.29 is 0 Å². The van der Waals surface area contributed by atoms with Crippen LogP contribution in [0.2, 0.25) is 10.2 Å². The second-order valence-electron chi connectivity index (χ2n) is 6.04. The summed E-state index contributed by atoms with van der Waals surface area (Å²) in [6, 6.07) is 7.46. The minimum Gasteiger partial charge on any atom is -0.393 e. The van der Waals surface area contributed by atoms with Crippen molar-refractivity contribution in [3.8, 4) is 0 Å². The molecular formula is C15H19Cl2N5. The number of nitrogens with two attached hydrogens (primary N) is 2. The van der Waals surface area contributed by atoms with Gasteiger partial charge in [0.2, 0.25) is 0 Å². The van der Waals surface area contributed by atoms with E-state index < -0.39 is 0 Å². The third-order valence-electron chi connectivity index (χ3n) is 3.12. The first-order valence-corrected chi connectivity index (χ1v) is 7.55. The van der Waals surface area contributed by atoms with Gasteiger partial charge in [-0.1, -0.05) is 62.2 Å². The summed E-state index contributed by atoms with van der Waals surface area (Å²) in [4.78, 5) is 8.70. The van der Waals surface area contributed by atoms with E-state index in [2.05, 4.69) is 9.97 Å². The first kappa shape index (κ1) is 16.8. The highest BCUT2D eigenvalue weighted by Crippen LogP contribution is 2.30. The highest BCUT2D eigenvalue weighted by atomic mass is 35.5. The van der Waals surface area contributed by atoms with Crippen LogP contribution in [-0.2, 0) is 12.0 Å². The number of hydrogen-bond donors (Lipinski definition) is 2. The summed E-state index contributed by atoms with van der Waals surface area (Å²) in [7, 11) is 0. The fraction of sp³-hybridized carbons (Fsp3) is 0.333. The Morgan fingerprint density at radius 2 is 1.77 bits per heavy atom. The average molecular weight is 340 g/mol. The van der Waals surface area contributed by atoms with Crippen molar-refractivity contribution in [2.45, 2.75) is 32.7 Å². The van der Waals surface area contributed by atoms with Crippen LogP contribution >= 0.6 is 23.2 Å². The monoisotopic (exact) mass is 339 g/mol. The van der Waals surface area contributed by atoms with E-state index in [-0.39, 0.29) is 16.3 Å². The predicted octanol–water partition coefficient (Wildman–Crippen LogP) is 3.54. The van der Waals surface area contributed by atoms with Gasteiger partial charge in [0.05, 0.1) is 6.54 Å². The second kappa shape index (κ2) is 6.28. The van der Waals surface area contributed by atoms with Crippen molar-refractivity contribution in [1.29, 1.82) is 0 Å². The van der Waals surface area contributed by atoms with Crippen LogP contribution < -0.4 is 16.6 Å². The van der Waals surface area contributed by atoms with Gasteiger partial charge in [0.1, 0.15) is 11.5 Å². The van der Waals surface area contributed by atoms with Gasteiger partial charge in [-0.25, -0.2) is 15.8 Å². The van der Waals surface area contributed by atoms with Crippen LogP contribution in [0.15, 0.2) is 24.3 Å². The Bertz CT molecular complexity index is 682. The predicted molar refractivity (Wildman–Crippen MR) is 92.0 cm³/mol. The van der Waals surface area contributed by atoms with Crippen LogP contribution in [0, 0.1) is 0 Å². The van der Waals surface area contributed by atoms with E-state index >= 15 is 0 Å². The van der Waals surface area contributed by atoms with Gasteiger partial charge >= 0.3 is 0 Å². The number of nitrogen functional groups attached to an aromatic ring is 1. The molecule has 0 spiro atoms. The molecule has 1 aromatic heterocycles. The minimum atomic E-state index is -0.267. The number of aromatic nitrogens is 2. The van der Waals surface area contributed by atoms with Gasteiger partial charge in [0, 0.05) is 10.4 Å². The van der Waals surface area contributed by atoms with Crippen LogP contribution in [0.25, 0.3) is 0 Å². The minimum absolute atomic E-state index is 0.199. The zero-order valence-electron chi connectivity index (χ0n) is 12.8. The average Bonchev–Trinajstić information content (AvgIpc) is 2.43. The molecule has 0 radical (unpaired) electrons. The summed E-state index contributed by atoms with van der Waals surface area (Å²) in [5.74, 6) is 7.10. The lowest BCUT2D eigenvalue weighted by atomic mass is 9.96. The Morgan fingerprint density at radius 3 is 2.36 bits per heavy atom. The molecule has 0 aliphatic carbocycles. The lowest BCUT2D eigenvalue weighted by Crippen LogP contribution is -2.33. The standard InChI is InChI=1S/C15H19Cl2N5/c1-15(2,3)14-20-12(17)11(18)13(21-14)22(19)8-9-6-4-5-7-10(9)16/h4-7H,8,18-19H2,1-3H3. The maximum atomic E-state index is 6.16. The molecule has 1 aromatic carbocycles. The molecule has 0 unspecified atom stereocenters. The van der Waals surface area contributed by atoms with Crippen molar-refractivity contribution >= 4 is 34.7 Å². The molecule has 2 rings (SSSR count). The van der Waals surface area contributed by atoms with Crippen molar-refractivity contribution in [3.63, 3.8) is 0 Å². The summed E-state index contributed by atoms with van der Waals surface area (Å²) in [5.41, 5.74) is 6.84. The molecule has 0 fully saturated rings. The highest BCUT2D eigenvalue weighted by Gasteiger charge is 2.23. The number of nitrogens with zero attached hydrogens (tertiary/aromatic N) is 3. The third kappa shape index (κ3) is 3.61. The SMILES string of the molecule is CC(C)(C)c1nc(Cl)c(N)c(N(N)Cc2ccccc2Cl)n1. The maximum Gasteiger partial charge on any atom is 0.171 e. The van der Waals surface area contributed by atoms with Crippen molar-refractivity contribution in [3.05, 3.63) is 45.8 Å². The smallest absolute Gasteiger partial charge is 0.171 e. The van der Waals surface area contributed by atoms with E-state index in [1.807, 2.05) is 45.0 Å². The fourth-order valence-electron chi connectivity index (χ4n) is 1.87. The van der Waals surface area contributed by atoms with Crippen LogP contribution in [0.5, 0.6) is 0 Å². The molecule has 4 N–H and O–H groups in total. The molecule has 5 nitrogen and oxygen atoms in total. The number of benzene rings is 1. The van der Waals surface area contributed by atoms with Crippen molar-refractivity contribution in [2.24, 2.45) is 5.84 Å². The number of halogens is 2. The van der Waals surface area contributed by atoms with E-state index in [0.717, 1.165) is 5.56 Å². The molecular weight excluding hydrogens is 321 g/mol. The van der Waals surface area contributed by atoms with E-state index in [1.54, 1.807) is 0 Å². The fourth-order valence-corrected chi connectivity index (χ4v) is 2.23. The molecule has 22 heavy (non-hydrogen) atoms. The maximum absolute atomic E-state index is 6.16. The van der Waals surface area contributed by atoms with Crippen molar-refractivity contribution in [1.82, 2.24) is 9.97 Å². The molecule has 0 aliphatic rings. The summed E-state index contributed by atoms with van der Waals surface area (Å²) in [5, 5.41) is 2.26. The van der Waals surface area contributed by atoms with Crippen LogP contribution in [0.3, 0.4) is 0 Å². The highest BCUT2D eigenvalue weighted by molar-refractivity contribution is 6.32. The first-order chi connectivity index (χ1) is 10.2. The molecule has 0 saturated carbocycles. The van der Waals surface area contributed by atoms with E-state index in [1.165, 1.54) is 5.01 Å². The molecule has 0 atom stereocenters. The molecule has 0 amide bonds. The van der Waals surface area contributed by atoms with Gasteiger partial charge < -0.3 is 5.73 Å². The van der Waals surface area contributed by atoms with E-state index in [4.69, 9.17) is 34.8 Å². The molecule has 1 heterocycles. The first-order valence-electron chi connectivity index (χ1n) is 6.79. The largest absolute Gasteiger partial charge is 0.393 e. The summed E-state index contributed by atoms with van der Waals surface area (Å²) >= 11 is 12.3. The molecule has 2 aromatic rings. The molecule has 7 heteroatoms. The number of hydrogen-bond acceptors (Lipinski definition) is 5. The summed E-state index contributed by atoms with van der Waals surface area (Å²) in [6.07, 6.45) is 0. The topological polar surface area (TPSA) is 81.1 Å². The number of rotatable bonds is 3.